The molecule has 0 amide bonds. The molecule has 6 nitrogen and oxygen atoms in total. The van der Waals surface area contributed by atoms with Gasteiger partial charge in [-0.2, -0.15) is 0 Å². The number of hydrogen-bond acceptors (Lipinski definition) is 6. The topological polar surface area (TPSA) is 80.0 Å². The fraction of sp³-hybridized carbons (Fsp3) is 0.929. The Bertz CT molecular complexity index is 294. The third kappa shape index (κ3) is 3.20. The first kappa shape index (κ1) is 17.5. The number of rotatable bonds is 9. The highest BCUT2D eigenvalue weighted by atomic mass is 16.9. The van der Waals surface area contributed by atoms with Crippen molar-refractivity contribution in [1.82, 2.24) is 0 Å². The highest BCUT2D eigenvalue weighted by molar-refractivity contribution is 5.88. The summed E-state index contributed by atoms with van der Waals surface area (Å²) in [4.78, 5) is 12.6. The molecule has 1 saturated heterocycles. The van der Waals surface area contributed by atoms with E-state index in [4.69, 9.17) is 24.7 Å². The molecule has 0 aromatic rings. The molecular weight excluding hydrogens is 262 g/mol. The molecule has 1 heterocycles. The van der Waals surface area contributed by atoms with E-state index in [1.54, 1.807) is 0 Å². The van der Waals surface area contributed by atoms with Gasteiger partial charge in [-0.1, -0.05) is 0 Å². The van der Waals surface area contributed by atoms with E-state index in [2.05, 4.69) is 0 Å². The molecule has 1 aliphatic rings. The van der Waals surface area contributed by atoms with Crippen LogP contribution < -0.4 is 5.73 Å². The van der Waals surface area contributed by atoms with Crippen LogP contribution in [0.5, 0.6) is 0 Å². The average Bonchev–Trinajstić information content (AvgIpc) is 2.42. The zero-order valence-electron chi connectivity index (χ0n) is 12.8. The Morgan fingerprint density at radius 3 is 2.25 bits per heavy atom. The van der Waals surface area contributed by atoms with Gasteiger partial charge in [-0.25, -0.2) is 0 Å². The summed E-state index contributed by atoms with van der Waals surface area (Å²) >= 11 is 0. The number of carbonyl (C=O) groups excluding carboxylic acids is 1. The molecular formula is C14H27NO5. The van der Waals surface area contributed by atoms with Crippen LogP contribution in [0.2, 0.25) is 0 Å². The Morgan fingerprint density at radius 1 is 1.15 bits per heavy atom. The third-order valence-corrected chi connectivity index (χ3v) is 3.34. The zero-order valence-corrected chi connectivity index (χ0v) is 12.8. The van der Waals surface area contributed by atoms with E-state index in [1.807, 2.05) is 20.8 Å². The molecule has 1 unspecified atom stereocenters. The van der Waals surface area contributed by atoms with Crippen molar-refractivity contribution in [2.45, 2.75) is 51.6 Å². The minimum atomic E-state index is -1.46. The highest BCUT2D eigenvalue weighted by Gasteiger charge is 2.62. The molecule has 0 spiro atoms. The van der Waals surface area contributed by atoms with E-state index in [0.29, 0.717) is 32.8 Å². The van der Waals surface area contributed by atoms with Crippen molar-refractivity contribution in [3.63, 3.8) is 0 Å². The Hall–Kier alpha value is -0.530. The van der Waals surface area contributed by atoms with Gasteiger partial charge >= 0.3 is 5.97 Å². The maximum Gasteiger partial charge on any atom is 0.321 e. The number of ether oxygens (including phenoxy) is 4. The molecule has 1 rings (SSSR count). The maximum absolute atomic E-state index is 12.6. The molecule has 1 aliphatic heterocycles. The molecule has 2 N–H and O–H groups in total. The first-order valence-electron chi connectivity index (χ1n) is 7.41. The smallest absolute Gasteiger partial charge is 0.321 e. The van der Waals surface area contributed by atoms with Crippen molar-refractivity contribution in [2.75, 3.05) is 33.0 Å². The van der Waals surface area contributed by atoms with Gasteiger partial charge in [-0.15, -0.1) is 0 Å². The highest BCUT2D eigenvalue weighted by Crippen LogP contribution is 2.41. The van der Waals surface area contributed by atoms with Gasteiger partial charge < -0.3 is 24.7 Å². The number of nitrogens with two attached hydrogens (primary N) is 1. The number of carbonyl (C=O) groups is 1. The molecule has 1 atom stereocenters. The van der Waals surface area contributed by atoms with Crippen LogP contribution in [0.1, 0.15) is 40.0 Å². The molecule has 0 aromatic carbocycles. The van der Waals surface area contributed by atoms with Crippen molar-refractivity contribution in [1.29, 1.82) is 0 Å². The summed E-state index contributed by atoms with van der Waals surface area (Å²) in [5.41, 5.74) is 4.30. The van der Waals surface area contributed by atoms with Gasteiger partial charge in [-0.3, -0.25) is 4.79 Å². The SMILES string of the molecule is CCOC1(OCC)OCCCC1(OCC)C(=O)CCN. The minimum absolute atomic E-state index is 0.122. The van der Waals surface area contributed by atoms with Crippen LogP contribution >= 0.6 is 0 Å². The van der Waals surface area contributed by atoms with Crippen LogP contribution in [0, 0.1) is 0 Å². The Labute approximate surface area is 120 Å². The van der Waals surface area contributed by atoms with Crippen LogP contribution in [0.3, 0.4) is 0 Å². The standard InChI is InChI=1S/C14H27NO5/c1-4-17-13(12(16)8-10-15)9-7-11-20-14(13,18-5-2)19-6-3/h4-11,15H2,1-3H3. The summed E-state index contributed by atoms with van der Waals surface area (Å²) < 4.78 is 23.0. The van der Waals surface area contributed by atoms with Crippen LogP contribution in [-0.4, -0.2) is 50.3 Å². The molecule has 118 valence electrons. The Balaban J connectivity index is 3.19. The normalized spacial score (nSPS) is 25.6. The molecule has 6 heteroatoms. The fourth-order valence-corrected chi connectivity index (χ4v) is 2.67. The molecule has 0 aromatic heterocycles. The Kier molecular flexibility index (Phi) is 7.05. The van der Waals surface area contributed by atoms with Gasteiger partial charge in [-0.05, 0) is 40.2 Å². The largest absolute Gasteiger partial charge is 0.359 e. The Morgan fingerprint density at radius 2 is 1.75 bits per heavy atom. The summed E-state index contributed by atoms with van der Waals surface area (Å²) in [6.45, 7) is 7.37. The lowest BCUT2D eigenvalue weighted by molar-refractivity contribution is -0.446. The molecule has 0 bridgehead atoms. The maximum atomic E-state index is 12.6. The molecule has 1 fully saturated rings. The molecule has 0 saturated carbocycles. The van der Waals surface area contributed by atoms with Crippen molar-refractivity contribution in [3.05, 3.63) is 0 Å². The average molecular weight is 289 g/mol. The van der Waals surface area contributed by atoms with E-state index >= 15 is 0 Å². The molecule has 0 radical (unpaired) electrons. The van der Waals surface area contributed by atoms with E-state index in [9.17, 15) is 4.79 Å². The first-order chi connectivity index (χ1) is 9.62. The van der Waals surface area contributed by atoms with Gasteiger partial charge in [0.05, 0.1) is 6.61 Å². The van der Waals surface area contributed by atoms with Crippen LogP contribution in [-0.2, 0) is 23.7 Å². The molecule has 0 aliphatic carbocycles. The lowest BCUT2D eigenvalue weighted by Gasteiger charge is -2.49. The van der Waals surface area contributed by atoms with Crippen LogP contribution in [0.25, 0.3) is 0 Å². The second-order valence-electron chi connectivity index (χ2n) is 4.60. The fourth-order valence-electron chi connectivity index (χ4n) is 2.67. The van der Waals surface area contributed by atoms with E-state index in [0.717, 1.165) is 6.42 Å². The summed E-state index contributed by atoms with van der Waals surface area (Å²) in [5, 5.41) is 0. The van der Waals surface area contributed by atoms with E-state index < -0.39 is 11.6 Å². The van der Waals surface area contributed by atoms with Gasteiger partial charge in [0, 0.05) is 26.2 Å². The van der Waals surface area contributed by atoms with Gasteiger partial charge in [0.15, 0.2) is 5.78 Å². The number of ketones is 1. The zero-order chi connectivity index (χ0) is 15.1. The van der Waals surface area contributed by atoms with Crippen molar-refractivity contribution >= 4 is 5.78 Å². The third-order valence-electron chi connectivity index (χ3n) is 3.34. The first-order valence-corrected chi connectivity index (χ1v) is 7.41. The van der Waals surface area contributed by atoms with Gasteiger partial charge in [0.1, 0.15) is 0 Å². The van der Waals surface area contributed by atoms with Crippen molar-refractivity contribution in [3.8, 4) is 0 Å². The second-order valence-corrected chi connectivity index (χ2v) is 4.60. The lowest BCUT2D eigenvalue weighted by atomic mass is 9.85. The predicted molar refractivity (Wildman–Crippen MR) is 74.2 cm³/mol. The van der Waals surface area contributed by atoms with Gasteiger partial charge in [0.2, 0.25) is 5.60 Å². The van der Waals surface area contributed by atoms with Crippen LogP contribution in [0.15, 0.2) is 0 Å². The summed E-state index contributed by atoms with van der Waals surface area (Å²) in [5.74, 6) is -1.58. The van der Waals surface area contributed by atoms with Gasteiger partial charge in [0.25, 0.3) is 0 Å². The van der Waals surface area contributed by atoms with Crippen molar-refractivity contribution < 1.29 is 23.7 Å². The summed E-state index contributed by atoms with van der Waals surface area (Å²) in [7, 11) is 0. The summed E-state index contributed by atoms with van der Waals surface area (Å²) in [6.07, 6.45) is 1.45. The lowest BCUT2D eigenvalue weighted by Crippen LogP contribution is -2.67. The van der Waals surface area contributed by atoms with E-state index in [-0.39, 0.29) is 18.7 Å². The quantitative estimate of drug-likeness (QED) is 0.643. The number of hydrogen-bond donors (Lipinski definition) is 1. The van der Waals surface area contributed by atoms with Crippen molar-refractivity contribution in [2.24, 2.45) is 5.73 Å². The van der Waals surface area contributed by atoms with E-state index in [1.165, 1.54) is 0 Å². The monoisotopic (exact) mass is 289 g/mol. The number of Topliss-reactive ketones (excluding diaryl/α,β-unsaturated/α-hetero) is 1. The summed E-state index contributed by atoms with van der Waals surface area (Å²) in [6, 6.07) is 0. The van der Waals surface area contributed by atoms with Crippen LogP contribution in [0.4, 0.5) is 0 Å². The second kappa shape index (κ2) is 8.05. The minimum Gasteiger partial charge on any atom is -0.359 e. The predicted octanol–water partition coefficient (Wildman–Crippen LogP) is 1.22. The molecule has 20 heavy (non-hydrogen) atoms.